The molecule has 0 saturated carbocycles. The number of aromatic nitrogens is 2. The van der Waals surface area contributed by atoms with Crippen LogP contribution in [0.2, 0.25) is 0 Å². The topological polar surface area (TPSA) is 34.4 Å². The first kappa shape index (κ1) is 10.2. The molecule has 0 bridgehead atoms. The summed E-state index contributed by atoms with van der Waals surface area (Å²) in [6.07, 6.45) is -4.57. The highest BCUT2D eigenvalue weighted by atomic mass is 32.1. The van der Waals surface area contributed by atoms with Crippen LogP contribution in [0.1, 0.15) is 11.3 Å². The average molecular weight is 234 g/mol. The number of halogens is 3. The normalized spacial score (nSPS) is 12.3. The van der Waals surface area contributed by atoms with Crippen LogP contribution in [0.15, 0.2) is 16.4 Å². The highest BCUT2D eigenvalue weighted by molar-refractivity contribution is 7.15. The SMILES string of the molecule is Cc1c(C(F)(F)F)n2ncsc2cc1=O. The van der Waals surface area contributed by atoms with Crippen molar-refractivity contribution in [1.82, 2.24) is 9.61 Å². The van der Waals surface area contributed by atoms with Crippen molar-refractivity contribution in [3.05, 3.63) is 33.1 Å². The van der Waals surface area contributed by atoms with Gasteiger partial charge < -0.3 is 0 Å². The Labute approximate surface area is 85.8 Å². The van der Waals surface area contributed by atoms with Crippen LogP contribution in [0.5, 0.6) is 0 Å². The molecule has 0 atom stereocenters. The predicted molar refractivity (Wildman–Crippen MR) is 49.1 cm³/mol. The van der Waals surface area contributed by atoms with Crippen molar-refractivity contribution in [2.24, 2.45) is 0 Å². The number of hydrogen-bond donors (Lipinski definition) is 0. The van der Waals surface area contributed by atoms with E-state index in [0.717, 1.165) is 28.8 Å². The standard InChI is InChI=1S/C8H5F3N2OS/c1-4-5(14)2-6-13(12-3-15-6)7(4)8(9,10)11/h2-3H,1H3. The van der Waals surface area contributed by atoms with Crippen molar-refractivity contribution in [2.75, 3.05) is 0 Å². The molecule has 0 N–H and O–H groups in total. The summed E-state index contributed by atoms with van der Waals surface area (Å²) < 4.78 is 38.7. The fourth-order valence-corrected chi connectivity index (χ4v) is 1.99. The molecule has 80 valence electrons. The smallest absolute Gasteiger partial charge is 0.289 e. The van der Waals surface area contributed by atoms with Crippen molar-refractivity contribution in [2.45, 2.75) is 13.1 Å². The molecule has 2 aromatic rings. The van der Waals surface area contributed by atoms with Gasteiger partial charge in [0.25, 0.3) is 0 Å². The average Bonchev–Trinajstić information content (AvgIpc) is 2.50. The van der Waals surface area contributed by atoms with E-state index >= 15 is 0 Å². The highest BCUT2D eigenvalue weighted by Crippen LogP contribution is 2.31. The van der Waals surface area contributed by atoms with Crippen LogP contribution in [-0.2, 0) is 6.18 Å². The summed E-state index contributed by atoms with van der Waals surface area (Å²) in [6.45, 7) is 1.15. The Kier molecular flexibility index (Phi) is 2.07. The molecule has 0 radical (unpaired) electrons. The van der Waals surface area contributed by atoms with Gasteiger partial charge in [0.05, 0.1) is 0 Å². The van der Waals surface area contributed by atoms with Crippen molar-refractivity contribution >= 4 is 16.2 Å². The highest BCUT2D eigenvalue weighted by Gasteiger charge is 2.37. The number of alkyl halides is 3. The lowest BCUT2D eigenvalue weighted by Gasteiger charge is -2.10. The minimum atomic E-state index is -4.57. The molecule has 0 aromatic carbocycles. The Balaban J connectivity index is 2.96. The molecular weight excluding hydrogens is 229 g/mol. The summed E-state index contributed by atoms with van der Waals surface area (Å²) in [5, 5.41) is 3.56. The fraction of sp³-hybridized carbons (Fsp3) is 0.250. The summed E-state index contributed by atoms with van der Waals surface area (Å²) in [7, 11) is 0. The second-order valence-electron chi connectivity index (χ2n) is 2.97. The monoisotopic (exact) mass is 234 g/mol. The van der Waals surface area contributed by atoms with E-state index in [1.165, 1.54) is 5.51 Å². The maximum Gasteiger partial charge on any atom is 0.433 e. The van der Waals surface area contributed by atoms with Gasteiger partial charge >= 0.3 is 6.18 Å². The fourth-order valence-electron chi connectivity index (χ4n) is 1.32. The van der Waals surface area contributed by atoms with Gasteiger partial charge in [-0.1, -0.05) is 0 Å². The zero-order valence-corrected chi connectivity index (χ0v) is 8.32. The largest absolute Gasteiger partial charge is 0.433 e. The van der Waals surface area contributed by atoms with Gasteiger partial charge in [0.1, 0.15) is 10.3 Å². The Hall–Kier alpha value is -1.37. The van der Waals surface area contributed by atoms with Gasteiger partial charge in [0, 0.05) is 11.6 Å². The molecule has 0 aliphatic carbocycles. The van der Waals surface area contributed by atoms with E-state index in [9.17, 15) is 18.0 Å². The quantitative estimate of drug-likeness (QED) is 0.699. The lowest BCUT2D eigenvalue weighted by molar-refractivity contribution is -0.143. The third kappa shape index (κ3) is 1.52. The van der Waals surface area contributed by atoms with Gasteiger partial charge in [0.2, 0.25) is 0 Å². The van der Waals surface area contributed by atoms with Crippen LogP contribution in [-0.4, -0.2) is 9.61 Å². The molecule has 0 spiro atoms. The summed E-state index contributed by atoms with van der Waals surface area (Å²) in [6, 6.07) is 1.16. The molecule has 2 aromatic heterocycles. The first-order valence-electron chi connectivity index (χ1n) is 3.94. The van der Waals surface area contributed by atoms with Gasteiger partial charge in [0.15, 0.2) is 11.1 Å². The van der Waals surface area contributed by atoms with Crippen LogP contribution in [0.25, 0.3) is 4.83 Å². The molecule has 2 heterocycles. The first-order valence-corrected chi connectivity index (χ1v) is 4.82. The first-order chi connectivity index (χ1) is 6.91. The number of rotatable bonds is 0. The van der Waals surface area contributed by atoms with E-state index in [4.69, 9.17) is 0 Å². The number of nitrogens with zero attached hydrogens (tertiary/aromatic N) is 2. The van der Waals surface area contributed by atoms with Crippen LogP contribution in [0.4, 0.5) is 13.2 Å². The molecule has 0 aliphatic heterocycles. The van der Waals surface area contributed by atoms with E-state index in [1.807, 2.05) is 0 Å². The third-order valence-electron chi connectivity index (χ3n) is 2.00. The molecular formula is C8H5F3N2OS. The molecule has 0 saturated heterocycles. The number of pyridine rings is 1. The lowest BCUT2D eigenvalue weighted by Crippen LogP contribution is -2.20. The second kappa shape index (κ2) is 3.06. The maximum absolute atomic E-state index is 12.6. The van der Waals surface area contributed by atoms with Crippen molar-refractivity contribution in [3.8, 4) is 0 Å². The Bertz CT molecular complexity index is 569. The zero-order chi connectivity index (χ0) is 11.2. The summed E-state index contributed by atoms with van der Waals surface area (Å²) >= 11 is 0.992. The van der Waals surface area contributed by atoms with Gasteiger partial charge in [-0.05, 0) is 6.92 Å². The molecule has 0 aliphatic rings. The lowest BCUT2D eigenvalue weighted by atomic mass is 10.2. The van der Waals surface area contributed by atoms with Crippen LogP contribution in [0.3, 0.4) is 0 Å². The van der Waals surface area contributed by atoms with E-state index in [1.54, 1.807) is 0 Å². The van der Waals surface area contributed by atoms with E-state index in [0.29, 0.717) is 0 Å². The minimum absolute atomic E-state index is 0.193. The third-order valence-corrected chi connectivity index (χ3v) is 2.74. The minimum Gasteiger partial charge on any atom is -0.289 e. The molecule has 0 fully saturated rings. The molecule has 15 heavy (non-hydrogen) atoms. The van der Waals surface area contributed by atoms with Gasteiger partial charge in [-0.3, -0.25) is 4.79 Å². The molecule has 3 nitrogen and oxygen atoms in total. The molecule has 2 rings (SSSR count). The molecule has 0 unspecified atom stereocenters. The van der Waals surface area contributed by atoms with Crippen LogP contribution < -0.4 is 5.43 Å². The van der Waals surface area contributed by atoms with E-state index in [2.05, 4.69) is 5.10 Å². The number of fused-ring (bicyclic) bond motifs is 1. The van der Waals surface area contributed by atoms with Gasteiger partial charge in [-0.25, -0.2) is 4.52 Å². The van der Waals surface area contributed by atoms with Crippen LogP contribution in [0, 0.1) is 6.92 Å². The predicted octanol–water partition coefficient (Wildman–Crippen LogP) is 2.08. The van der Waals surface area contributed by atoms with Gasteiger partial charge in [-0.2, -0.15) is 18.3 Å². The zero-order valence-electron chi connectivity index (χ0n) is 7.50. The summed E-state index contributed by atoms with van der Waals surface area (Å²) in [5.41, 5.74) is -0.674. The molecule has 0 amide bonds. The van der Waals surface area contributed by atoms with Crippen LogP contribution >= 0.6 is 11.3 Å². The Morgan fingerprint density at radius 2 is 2.13 bits per heavy atom. The van der Waals surface area contributed by atoms with Crippen molar-refractivity contribution in [1.29, 1.82) is 0 Å². The van der Waals surface area contributed by atoms with Crippen molar-refractivity contribution in [3.63, 3.8) is 0 Å². The Morgan fingerprint density at radius 1 is 1.47 bits per heavy atom. The summed E-state index contributed by atoms with van der Waals surface area (Å²) in [5.74, 6) is 0. The van der Waals surface area contributed by atoms with Crippen molar-refractivity contribution < 1.29 is 13.2 Å². The number of hydrogen-bond acceptors (Lipinski definition) is 3. The second-order valence-corrected chi connectivity index (χ2v) is 3.83. The summed E-state index contributed by atoms with van der Waals surface area (Å²) in [4.78, 5) is 11.5. The van der Waals surface area contributed by atoms with Gasteiger partial charge in [-0.15, -0.1) is 11.3 Å². The van der Waals surface area contributed by atoms with E-state index in [-0.39, 0.29) is 10.4 Å². The maximum atomic E-state index is 12.6. The molecule has 7 heteroatoms. The van der Waals surface area contributed by atoms with E-state index < -0.39 is 17.3 Å². The Morgan fingerprint density at radius 3 is 2.73 bits per heavy atom.